The molecule has 0 aliphatic carbocycles. The van der Waals surface area contributed by atoms with Crippen molar-refractivity contribution >= 4 is 11.8 Å². The summed E-state index contributed by atoms with van der Waals surface area (Å²) in [5, 5.41) is 3.07. The van der Waals surface area contributed by atoms with Crippen LogP contribution in [0.1, 0.15) is 18.4 Å². The fraction of sp³-hybridized carbons (Fsp3) is 0.316. The number of nitrogens with one attached hydrogen (secondary N) is 1. The molecule has 6 heteroatoms. The number of piperidine rings is 1. The Bertz CT molecular complexity index is 717. The lowest BCUT2D eigenvalue weighted by Crippen LogP contribution is -2.42. The molecule has 0 saturated carbocycles. The molecule has 3 rings (SSSR count). The van der Waals surface area contributed by atoms with Crippen LogP contribution in [0, 0.1) is 11.6 Å². The summed E-state index contributed by atoms with van der Waals surface area (Å²) in [4.78, 5) is 13.8. The van der Waals surface area contributed by atoms with Gasteiger partial charge in [-0.25, -0.2) is 13.6 Å². The van der Waals surface area contributed by atoms with Crippen molar-refractivity contribution < 1.29 is 18.3 Å². The van der Waals surface area contributed by atoms with E-state index >= 15 is 0 Å². The SMILES string of the molecule is O=C(OCc1ccccc1)N1CCC(Nc2ccc(F)cc2F)CC1. The number of hydrogen-bond donors (Lipinski definition) is 1. The minimum absolute atomic E-state index is 0.0399. The normalized spacial score (nSPS) is 15.0. The van der Waals surface area contributed by atoms with Crippen LogP contribution in [-0.4, -0.2) is 30.1 Å². The minimum atomic E-state index is -0.607. The lowest BCUT2D eigenvalue weighted by Gasteiger charge is -2.32. The van der Waals surface area contributed by atoms with E-state index in [0.29, 0.717) is 25.9 Å². The molecule has 0 unspecified atom stereocenters. The second-order valence-corrected chi connectivity index (χ2v) is 6.07. The second kappa shape index (κ2) is 7.96. The van der Waals surface area contributed by atoms with Crippen molar-refractivity contribution in [2.45, 2.75) is 25.5 Å². The van der Waals surface area contributed by atoms with Crippen molar-refractivity contribution in [1.29, 1.82) is 0 Å². The second-order valence-electron chi connectivity index (χ2n) is 6.07. The van der Waals surface area contributed by atoms with Gasteiger partial charge in [-0.1, -0.05) is 30.3 Å². The van der Waals surface area contributed by atoms with E-state index in [1.54, 1.807) is 4.90 Å². The Kier molecular flexibility index (Phi) is 5.48. The van der Waals surface area contributed by atoms with Gasteiger partial charge in [-0.2, -0.15) is 0 Å². The van der Waals surface area contributed by atoms with Crippen molar-refractivity contribution in [2.75, 3.05) is 18.4 Å². The average Bonchev–Trinajstić information content (AvgIpc) is 2.63. The van der Waals surface area contributed by atoms with Gasteiger partial charge in [0.15, 0.2) is 0 Å². The van der Waals surface area contributed by atoms with Gasteiger partial charge in [0.05, 0.1) is 5.69 Å². The molecular formula is C19H20F2N2O2. The molecule has 25 heavy (non-hydrogen) atoms. The lowest BCUT2D eigenvalue weighted by molar-refractivity contribution is 0.0881. The molecule has 4 nitrogen and oxygen atoms in total. The number of carbonyl (C=O) groups excluding carboxylic acids is 1. The molecule has 1 amide bonds. The molecule has 0 bridgehead atoms. The summed E-state index contributed by atoms with van der Waals surface area (Å²) in [5.74, 6) is -1.20. The van der Waals surface area contributed by atoms with Gasteiger partial charge in [0, 0.05) is 25.2 Å². The molecule has 0 radical (unpaired) electrons. The van der Waals surface area contributed by atoms with E-state index in [0.717, 1.165) is 11.6 Å². The highest BCUT2D eigenvalue weighted by Crippen LogP contribution is 2.20. The Morgan fingerprint density at radius 2 is 1.84 bits per heavy atom. The average molecular weight is 346 g/mol. The highest BCUT2D eigenvalue weighted by Gasteiger charge is 2.24. The molecule has 1 N–H and O–H groups in total. The maximum atomic E-state index is 13.7. The fourth-order valence-corrected chi connectivity index (χ4v) is 2.84. The van der Waals surface area contributed by atoms with E-state index < -0.39 is 11.6 Å². The maximum Gasteiger partial charge on any atom is 0.410 e. The number of amides is 1. The summed E-state index contributed by atoms with van der Waals surface area (Å²) in [6.07, 6.45) is 1.02. The van der Waals surface area contributed by atoms with Gasteiger partial charge in [-0.15, -0.1) is 0 Å². The molecule has 2 aromatic rings. The molecule has 0 atom stereocenters. The summed E-state index contributed by atoms with van der Waals surface area (Å²) in [6, 6.07) is 13.0. The van der Waals surface area contributed by atoms with Gasteiger partial charge < -0.3 is 15.0 Å². The highest BCUT2D eigenvalue weighted by molar-refractivity contribution is 5.67. The molecule has 1 saturated heterocycles. The van der Waals surface area contributed by atoms with Crippen LogP contribution < -0.4 is 5.32 Å². The van der Waals surface area contributed by atoms with E-state index in [1.807, 2.05) is 30.3 Å². The van der Waals surface area contributed by atoms with Crippen LogP contribution in [0.2, 0.25) is 0 Å². The van der Waals surface area contributed by atoms with E-state index in [2.05, 4.69) is 5.32 Å². The molecule has 1 aliphatic rings. The Hall–Kier alpha value is -2.63. The zero-order valence-corrected chi connectivity index (χ0v) is 13.8. The number of nitrogens with zero attached hydrogens (tertiary/aromatic N) is 1. The van der Waals surface area contributed by atoms with Gasteiger partial charge in [-0.05, 0) is 30.5 Å². The van der Waals surface area contributed by atoms with E-state index in [1.165, 1.54) is 12.1 Å². The van der Waals surface area contributed by atoms with Crippen LogP contribution in [0.4, 0.5) is 19.3 Å². The first-order valence-electron chi connectivity index (χ1n) is 8.29. The molecule has 1 aliphatic heterocycles. The third kappa shape index (κ3) is 4.68. The first kappa shape index (κ1) is 17.2. The van der Waals surface area contributed by atoms with Gasteiger partial charge in [0.25, 0.3) is 0 Å². The molecule has 132 valence electrons. The summed E-state index contributed by atoms with van der Waals surface area (Å²) in [6.45, 7) is 1.32. The number of halogens is 2. The number of benzene rings is 2. The Balaban J connectivity index is 1.45. The number of anilines is 1. The van der Waals surface area contributed by atoms with Crippen molar-refractivity contribution in [3.63, 3.8) is 0 Å². The zero-order chi connectivity index (χ0) is 17.6. The van der Waals surface area contributed by atoms with Crippen molar-refractivity contribution in [3.8, 4) is 0 Å². The van der Waals surface area contributed by atoms with Crippen LogP contribution in [0.3, 0.4) is 0 Å². The first-order chi connectivity index (χ1) is 12.1. The molecule has 2 aromatic carbocycles. The minimum Gasteiger partial charge on any atom is -0.445 e. The standard InChI is InChI=1S/C19H20F2N2O2/c20-15-6-7-18(17(21)12-15)22-16-8-10-23(11-9-16)19(24)25-13-14-4-2-1-3-5-14/h1-7,12,16,22H,8-11,13H2. The van der Waals surface area contributed by atoms with Crippen LogP contribution in [0.5, 0.6) is 0 Å². The quantitative estimate of drug-likeness (QED) is 0.903. The summed E-state index contributed by atoms with van der Waals surface area (Å²) in [5.41, 5.74) is 1.23. The Morgan fingerprint density at radius 1 is 1.12 bits per heavy atom. The zero-order valence-electron chi connectivity index (χ0n) is 13.8. The number of carbonyl (C=O) groups is 1. The lowest BCUT2D eigenvalue weighted by atomic mass is 10.0. The molecular weight excluding hydrogens is 326 g/mol. The predicted molar refractivity (Wildman–Crippen MR) is 91.2 cm³/mol. The Morgan fingerprint density at radius 3 is 2.52 bits per heavy atom. The van der Waals surface area contributed by atoms with Crippen LogP contribution in [0.25, 0.3) is 0 Å². The largest absolute Gasteiger partial charge is 0.445 e. The van der Waals surface area contributed by atoms with Gasteiger partial charge in [0.2, 0.25) is 0 Å². The monoisotopic (exact) mass is 346 g/mol. The van der Waals surface area contributed by atoms with Gasteiger partial charge in [-0.3, -0.25) is 0 Å². The fourth-order valence-electron chi connectivity index (χ4n) is 2.84. The third-order valence-electron chi connectivity index (χ3n) is 4.25. The molecule has 0 spiro atoms. The maximum absolute atomic E-state index is 13.7. The highest BCUT2D eigenvalue weighted by atomic mass is 19.1. The van der Waals surface area contributed by atoms with Crippen LogP contribution >= 0.6 is 0 Å². The molecule has 1 heterocycles. The van der Waals surface area contributed by atoms with Gasteiger partial charge >= 0.3 is 6.09 Å². The van der Waals surface area contributed by atoms with Crippen molar-refractivity contribution in [2.24, 2.45) is 0 Å². The summed E-state index contributed by atoms with van der Waals surface area (Å²) >= 11 is 0. The number of likely N-dealkylation sites (tertiary alicyclic amines) is 1. The molecule has 1 fully saturated rings. The van der Waals surface area contributed by atoms with Crippen LogP contribution in [-0.2, 0) is 11.3 Å². The number of rotatable bonds is 4. The first-order valence-corrected chi connectivity index (χ1v) is 8.29. The summed E-state index contributed by atoms with van der Waals surface area (Å²) < 4.78 is 31.9. The number of ether oxygens (including phenoxy) is 1. The third-order valence-corrected chi connectivity index (χ3v) is 4.25. The summed E-state index contributed by atoms with van der Waals surface area (Å²) in [7, 11) is 0. The van der Waals surface area contributed by atoms with E-state index in [9.17, 15) is 13.6 Å². The molecule has 0 aromatic heterocycles. The Labute approximate surface area is 145 Å². The van der Waals surface area contributed by atoms with Crippen LogP contribution in [0.15, 0.2) is 48.5 Å². The predicted octanol–water partition coefficient (Wildman–Crippen LogP) is 4.18. The van der Waals surface area contributed by atoms with Gasteiger partial charge in [0.1, 0.15) is 18.2 Å². The van der Waals surface area contributed by atoms with Crippen molar-refractivity contribution in [3.05, 3.63) is 65.7 Å². The smallest absolute Gasteiger partial charge is 0.410 e. The topological polar surface area (TPSA) is 41.6 Å². The number of hydrogen-bond acceptors (Lipinski definition) is 3. The van der Waals surface area contributed by atoms with E-state index in [4.69, 9.17) is 4.74 Å². The van der Waals surface area contributed by atoms with Crippen molar-refractivity contribution in [1.82, 2.24) is 4.90 Å². The van der Waals surface area contributed by atoms with E-state index in [-0.39, 0.29) is 24.4 Å².